The average molecular weight is 387 g/mol. The molecule has 1 aromatic carbocycles. The van der Waals surface area contributed by atoms with Crippen molar-refractivity contribution in [1.29, 1.82) is 0 Å². The number of ether oxygens (including phenoxy) is 2. The molecule has 0 N–H and O–H groups in total. The fourth-order valence-electron chi connectivity index (χ4n) is 3.79. The number of benzene rings is 1. The van der Waals surface area contributed by atoms with Gasteiger partial charge in [0.1, 0.15) is 5.60 Å². The zero-order chi connectivity index (χ0) is 19.0. The molecule has 0 radical (unpaired) electrons. The molecular weight excluding hydrogens is 360 g/mol. The monoisotopic (exact) mass is 386 g/mol. The first-order chi connectivity index (χ1) is 13.0. The molecule has 2 heterocycles. The predicted molar refractivity (Wildman–Crippen MR) is 107 cm³/mol. The maximum atomic E-state index is 12.8. The summed E-state index contributed by atoms with van der Waals surface area (Å²) in [6.07, 6.45) is 5.36. The van der Waals surface area contributed by atoms with Crippen LogP contribution in [0.25, 0.3) is 0 Å². The summed E-state index contributed by atoms with van der Waals surface area (Å²) in [5, 5.41) is 0.800. The van der Waals surface area contributed by atoms with Crippen molar-refractivity contribution in [3.05, 3.63) is 34.3 Å². The maximum Gasteiger partial charge on any atom is 0.266 e. The molecule has 0 atom stereocenters. The largest absolute Gasteiger partial charge is 0.483 e. The van der Waals surface area contributed by atoms with Gasteiger partial charge in [-0.3, -0.25) is 9.69 Å². The minimum Gasteiger partial charge on any atom is -0.483 e. The number of para-hydroxylation sites is 1. The van der Waals surface area contributed by atoms with Gasteiger partial charge in [-0.25, -0.2) is 4.98 Å². The van der Waals surface area contributed by atoms with Crippen LogP contribution >= 0.6 is 11.3 Å². The maximum absolute atomic E-state index is 12.8. The first-order valence-electron chi connectivity index (χ1n) is 9.69. The minimum atomic E-state index is -0.235. The standard InChI is InChI=1S/C21H26N2O3S/c1-4-23(20-22-15-9-5-6-11-17(15)27-20)18(24)13-25-16-10-7-8-14-12-21(2,3)26-19(14)16/h7-8,10H,4-6,9,11-13H2,1-3H3. The van der Waals surface area contributed by atoms with Gasteiger partial charge in [-0.05, 0) is 52.5 Å². The molecular formula is C21H26N2O3S. The molecule has 0 spiro atoms. The highest BCUT2D eigenvalue weighted by molar-refractivity contribution is 7.16. The van der Waals surface area contributed by atoms with Crippen LogP contribution < -0.4 is 14.4 Å². The Morgan fingerprint density at radius 1 is 1.33 bits per heavy atom. The summed E-state index contributed by atoms with van der Waals surface area (Å²) in [4.78, 5) is 20.6. The number of nitrogens with zero attached hydrogens (tertiary/aromatic N) is 2. The molecule has 27 heavy (non-hydrogen) atoms. The highest BCUT2D eigenvalue weighted by atomic mass is 32.1. The topological polar surface area (TPSA) is 51.7 Å². The molecule has 2 aromatic rings. The van der Waals surface area contributed by atoms with Gasteiger partial charge in [-0.1, -0.05) is 12.1 Å². The number of fused-ring (bicyclic) bond motifs is 2. The fraction of sp³-hybridized carbons (Fsp3) is 0.524. The number of rotatable bonds is 5. The first kappa shape index (κ1) is 18.3. The molecule has 6 heteroatoms. The van der Waals surface area contributed by atoms with E-state index in [4.69, 9.17) is 14.5 Å². The Labute approximate surface area is 164 Å². The minimum absolute atomic E-state index is 0.0155. The van der Waals surface area contributed by atoms with Crippen LogP contribution in [0.5, 0.6) is 11.5 Å². The Balaban J connectivity index is 1.46. The number of carbonyl (C=O) groups is 1. The molecule has 1 amide bonds. The van der Waals surface area contributed by atoms with E-state index in [1.54, 1.807) is 16.2 Å². The van der Waals surface area contributed by atoms with Gasteiger partial charge in [-0.15, -0.1) is 11.3 Å². The van der Waals surface area contributed by atoms with Crippen LogP contribution in [0.2, 0.25) is 0 Å². The number of aromatic nitrogens is 1. The predicted octanol–water partition coefficient (Wildman–Crippen LogP) is 4.17. The van der Waals surface area contributed by atoms with Gasteiger partial charge in [0, 0.05) is 23.4 Å². The van der Waals surface area contributed by atoms with Crippen molar-refractivity contribution < 1.29 is 14.3 Å². The Kier molecular flexibility index (Phi) is 4.84. The van der Waals surface area contributed by atoms with Crippen LogP contribution in [-0.4, -0.2) is 29.6 Å². The lowest BCUT2D eigenvalue weighted by Gasteiger charge is -2.20. The van der Waals surface area contributed by atoms with Crippen LogP contribution in [-0.2, 0) is 24.1 Å². The van der Waals surface area contributed by atoms with Crippen molar-refractivity contribution >= 4 is 22.4 Å². The van der Waals surface area contributed by atoms with Crippen molar-refractivity contribution in [2.24, 2.45) is 0 Å². The smallest absolute Gasteiger partial charge is 0.266 e. The van der Waals surface area contributed by atoms with E-state index in [1.807, 2.05) is 19.1 Å². The Bertz CT molecular complexity index is 836. The van der Waals surface area contributed by atoms with E-state index in [2.05, 4.69) is 19.9 Å². The Morgan fingerprint density at radius 2 is 2.15 bits per heavy atom. The van der Waals surface area contributed by atoms with Gasteiger partial charge >= 0.3 is 0 Å². The SMILES string of the molecule is CCN(C(=O)COc1cccc2c1OC(C)(C)C2)c1nc2c(s1)CCCC2. The third kappa shape index (κ3) is 3.68. The summed E-state index contributed by atoms with van der Waals surface area (Å²) in [5.74, 6) is 1.34. The zero-order valence-corrected chi connectivity index (χ0v) is 17.0. The van der Waals surface area contributed by atoms with E-state index < -0.39 is 0 Å². The van der Waals surface area contributed by atoms with Gasteiger partial charge in [0.2, 0.25) is 0 Å². The van der Waals surface area contributed by atoms with E-state index in [-0.39, 0.29) is 18.1 Å². The summed E-state index contributed by atoms with van der Waals surface area (Å²) in [7, 11) is 0. The Morgan fingerprint density at radius 3 is 2.93 bits per heavy atom. The molecule has 0 unspecified atom stereocenters. The normalized spacial score (nSPS) is 17.0. The summed E-state index contributed by atoms with van der Waals surface area (Å²) >= 11 is 1.65. The number of amides is 1. The van der Waals surface area contributed by atoms with Crippen LogP contribution in [0, 0.1) is 0 Å². The number of hydrogen-bond acceptors (Lipinski definition) is 5. The number of thiazole rings is 1. The van der Waals surface area contributed by atoms with Crippen molar-refractivity contribution in [2.75, 3.05) is 18.1 Å². The van der Waals surface area contributed by atoms with Gasteiger partial charge in [0.05, 0.1) is 5.69 Å². The second kappa shape index (κ2) is 7.15. The highest BCUT2D eigenvalue weighted by Crippen LogP contribution is 2.41. The third-order valence-electron chi connectivity index (χ3n) is 5.09. The number of anilines is 1. The molecule has 0 saturated carbocycles. The van der Waals surface area contributed by atoms with E-state index in [1.165, 1.54) is 23.4 Å². The first-order valence-corrected chi connectivity index (χ1v) is 10.5. The summed E-state index contributed by atoms with van der Waals surface area (Å²) in [6.45, 7) is 6.67. The molecule has 144 valence electrons. The molecule has 1 aliphatic carbocycles. The van der Waals surface area contributed by atoms with E-state index in [0.29, 0.717) is 12.3 Å². The van der Waals surface area contributed by atoms with Crippen molar-refractivity contribution in [3.8, 4) is 11.5 Å². The second-order valence-corrected chi connectivity index (χ2v) is 8.85. The van der Waals surface area contributed by atoms with Gasteiger partial charge in [0.25, 0.3) is 5.91 Å². The van der Waals surface area contributed by atoms with Crippen molar-refractivity contribution in [1.82, 2.24) is 4.98 Å². The molecule has 4 rings (SSSR count). The number of carbonyl (C=O) groups excluding carboxylic acids is 1. The fourth-order valence-corrected chi connectivity index (χ4v) is 5.02. The molecule has 1 aromatic heterocycles. The van der Waals surface area contributed by atoms with E-state index in [0.717, 1.165) is 35.7 Å². The molecule has 5 nitrogen and oxygen atoms in total. The highest BCUT2D eigenvalue weighted by Gasteiger charge is 2.32. The number of likely N-dealkylation sites (N-methyl/N-ethyl adjacent to an activating group) is 1. The van der Waals surface area contributed by atoms with Crippen LogP contribution in [0.1, 0.15) is 49.7 Å². The summed E-state index contributed by atoms with van der Waals surface area (Å²) < 4.78 is 11.9. The van der Waals surface area contributed by atoms with Crippen LogP contribution in [0.15, 0.2) is 18.2 Å². The van der Waals surface area contributed by atoms with Gasteiger partial charge in [0.15, 0.2) is 23.2 Å². The third-order valence-corrected chi connectivity index (χ3v) is 6.27. The molecule has 1 aliphatic heterocycles. The molecule has 0 fully saturated rings. The van der Waals surface area contributed by atoms with Gasteiger partial charge in [-0.2, -0.15) is 0 Å². The summed E-state index contributed by atoms with van der Waals surface area (Å²) in [6, 6.07) is 5.87. The van der Waals surface area contributed by atoms with Crippen LogP contribution in [0.4, 0.5) is 5.13 Å². The van der Waals surface area contributed by atoms with Crippen molar-refractivity contribution in [3.63, 3.8) is 0 Å². The molecule has 2 aliphatic rings. The lowest BCUT2D eigenvalue weighted by Crippen LogP contribution is -2.34. The average Bonchev–Trinajstić information content (AvgIpc) is 3.19. The van der Waals surface area contributed by atoms with Crippen LogP contribution in [0.3, 0.4) is 0 Å². The molecule has 0 bridgehead atoms. The quantitative estimate of drug-likeness (QED) is 0.774. The second-order valence-electron chi connectivity index (χ2n) is 7.78. The summed E-state index contributed by atoms with van der Waals surface area (Å²) in [5.41, 5.74) is 2.07. The molecule has 0 saturated heterocycles. The number of hydrogen-bond donors (Lipinski definition) is 0. The lowest BCUT2D eigenvalue weighted by molar-refractivity contribution is -0.120. The van der Waals surface area contributed by atoms with E-state index >= 15 is 0 Å². The zero-order valence-electron chi connectivity index (χ0n) is 16.2. The number of aryl methyl sites for hydroxylation is 2. The lowest BCUT2D eigenvalue weighted by atomic mass is 10.0. The van der Waals surface area contributed by atoms with Crippen molar-refractivity contribution in [2.45, 2.75) is 58.5 Å². The van der Waals surface area contributed by atoms with Gasteiger partial charge < -0.3 is 9.47 Å². The van der Waals surface area contributed by atoms with E-state index in [9.17, 15) is 4.79 Å². The Hall–Kier alpha value is -2.08.